The molecule has 31 heavy (non-hydrogen) atoms. The molecule has 0 spiro atoms. The number of benzene rings is 3. The average Bonchev–Trinajstić information content (AvgIpc) is 3.25. The Balaban J connectivity index is 1.95. The quantitative estimate of drug-likeness (QED) is 0.289. The first-order chi connectivity index (χ1) is 15.1. The third-order valence-electron chi connectivity index (χ3n) is 5.44. The number of H-pyrrole nitrogens is 1. The standard InChI is InChI=1S/C27H24N2O2/c1-3-23(20-7-5-4-6-8-20)27(21-11-13-25-22(16-21)17-28-29-25)24-12-9-19(15-18(24)2)10-14-26(30)31/h4-17H,3H2,1-2H3,(H,28,29)(H,30,31)/b14-10+,27-23-. The molecule has 0 radical (unpaired) electrons. The number of nitrogens with zero attached hydrogens (tertiary/aromatic N) is 1. The van der Waals surface area contributed by atoms with Gasteiger partial charge in [0.2, 0.25) is 0 Å². The highest BCUT2D eigenvalue weighted by Crippen LogP contribution is 2.37. The summed E-state index contributed by atoms with van der Waals surface area (Å²) in [5, 5.41) is 17.2. The highest BCUT2D eigenvalue weighted by molar-refractivity contribution is 6.01. The minimum Gasteiger partial charge on any atom is -0.478 e. The molecule has 0 amide bonds. The number of hydrogen-bond donors (Lipinski definition) is 2. The van der Waals surface area contributed by atoms with E-state index in [4.69, 9.17) is 5.11 Å². The molecule has 0 aliphatic rings. The number of allylic oxidation sites excluding steroid dienone is 1. The van der Waals surface area contributed by atoms with Crippen LogP contribution in [0.1, 0.15) is 41.2 Å². The number of hydrogen-bond acceptors (Lipinski definition) is 2. The smallest absolute Gasteiger partial charge is 0.328 e. The summed E-state index contributed by atoms with van der Waals surface area (Å²) in [5.74, 6) is -0.951. The molecular formula is C27H24N2O2. The molecule has 3 aromatic carbocycles. The second kappa shape index (κ2) is 8.84. The Morgan fingerprint density at radius 1 is 1.03 bits per heavy atom. The van der Waals surface area contributed by atoms with Crippen LogP contribution in [0.4, 0.5) is 0 Å². The number of carboxylic acids is 1. The number of aryl methyl sites for hydroxylation is 1. The normalized spacial score (nSPS) is 12.3. The second-order valence-corrected chi connectivity index (χ2v) is 7.49. The van der Waals surface area contributed by atoms with E-state index in [1.54, 1.807) is 6.08 Å². The lowest BCUT2D eigenvalue weighted by atomic mass is 9.85. The summed E-state index contributed by atoms with van der Waals surface area (Å²) in [7, 11) is 0. The van der Waals surface area contributed by atoms with E-state index in [1.165, 1.54) is 22.8 Å². The van der Waals surface area contributed by atoms with Crippen molar-refractivity contribution in [2.45, 2.75) is 20.3 Å². The van der Waals surface area contributed by atoms with Crippen LogP contribution in [-0.4, -0.2) is 21.3 Å². The number of rotatable bonds is 6. The van der Waals surface area contributed by atoms with Gasteiger partial charge in [0.25, 0.3) is 0 Å². The van der Waals surface area contributed by atoms with Crippen LogP contribution in [0.25, 0.3) is 28.1 Å². The summed E-state index contributed by atoms with van der Waals surface area (Å²) in [6.45, 7) is 4.25. The third kappa shape index (κ3) is 4.33. The monoisotopic (exact) mass is 408 g/mol. The van der Waals surface area contributed by atoms with Crippen LogP contribution in [0.2, 0.25) is 0 Å². The molecule has 154 valence electrons. The van der Waals surface area contributed by atoms with Gasteiger partial charge in [-0.25, -0.2) is 4.79 Å². The molecule has 0 fully saturated rings. The second-order valence-electron chi connectivity index (χ2n) is 7.49. The van der Waals surface area contributed by atoms with Crippen molar-refractivity contribution in [3.8, 4) is 0 Å². The number of carbonyl (C=O) groups is 1. The van der Waals surface area contributed by atoms with E-state index >= 15 is 0 Å². The first kappa shape index (κ1) is 20.4. The summed E-state index contributed by atoms with van der Waals surface area (Å²) in [6.07, 6.45) is 5.51. The van der Waals surface area contributed by atoms with E-state index < -0.39 is 5.97 Å². The predicted molar refractivity (Wildman–Crippen MR) is 127 cm³/mol. The Morgan fingerprint density at radius 2 is 1.84 bits per heavy atom. The van der Waals surface area contributed by atoms with Crippen LogP contribution in [-0.2, 0) is 4.79 Å². The van der Waals surface area contributed by atoms with Crippen LogP contribution in [0, 0.1) is 6.92 Å². The predicted octanol–water partition coefficient (Wildman–Crippen LogP) is 6.34. The maximum absolute atomic E-state index is 10.9. The Bertz CT molecular complexity index is 1300. The van der Waals surface area contributed by atoms with Gasteiger partial charge in [0.05, 0.1) is 11.7 Å². The number of nitrogens with one attached hydrogen (secondary N) is 1. The SMILES string of the molecule is CC/C(=C(\c1ccc2[nH]ncc2c1)c1ccc(/C=C/C(=O)O)cc1C)c1ccccc1. The van der Waals surface area contributed by atoms with Crippen LogP contribution in [0.5, 0.6) is 0 Å². The van der Waals surface area contributed by atoms with Crippen molar-refractivity contribution in [3.05, 3.63) is 107 Å². The number of carboxylic acid groups (broad SMARTS) is 1. The van der Waals surface area contributed by atoms with Crippen molar-refractivity contribution in [1.29, 1.82) is 0 Å². The summed E-state index contributed by atoms with van der Waals surface area (Å²) >= 11 is 0. The van der Waals surface area contributed by atoms with Crippen LogP contribution in [0.3, 0.4) is 0 Å². The van der Waals surface area contributed by atoms with E-state index in [-0.39, 0.29) is 0 Å². The van der Waals surface area contributed by atoms with Crippen molar-refractivity contribution in [1.82, 2.24) is 10.2 Å². The fraction of sp³-hybridized carbons (Fsp3) is 0.111. The van der Waals surface area contributed by atoms with E-state index in [1.807, 2.05) is 24.4 Å². The van der Waals surface area contributed by atoms with Gasteiger partial charge in [-0.2, -0.15) is 5.10 Å². The zero-order valence-corrected chi connectivity index (χ0v) is 17.6. The molecule has 4 nitrogen and oxygen atoms in total. The van der Waals surface area contributed by atoms with Gasteiger partial charge in [-0.3, -0.25) is 5.10 Å². The van der Waals surface area contributed by atoms with Crippen molar-refractivity contribution in [3.63, 3.8) is 0 Å². The van der Waals surface area contributed by atoms with Crippen molar-refractivity contribution in [2.24, 2.45) is 0 Å². The molecule has 4 rings (SSSR count). The van der Waals surface area contributed by atoms with Gasteiger partial charge in [0.1, 0.15) is 0 Å². The molecule has 1 aromatic heterocycles. The fourth-order valence-electron chi connectivity index (χ4n) is 3.99. The molecule has 0 unspecified atom stereocenters. The van der Waals surface area contributed by atoms with E-state index in [2.05, 4.69) is 72.6 Å². The largest absolute Gasteiger partial charge is 0.478 e. The number of aromatic amines is 1. The Hall–Kier alpha value is -3.92. The van der Waals surface area contributed by atoms with Crippen molar-refractivity contribution < 1.29 is 9.90 Å². The molecule has 0 atom stereocenters. The summed E-state index contributed by atoms with van der Waals surface area (Å²) < 4.78 is 0. The maximum atomic E-state index is 10.9. The maximum Gasteiger partial charge on any atom is 0.328 e. The van der Waals surface area contributed by atoms with Gasteiger partial charge in [-0.05, 0) is 70.5 Å². The minimum absolute atomic E-state index is 0.867. The number of aliphatic carboxylic acids is 1. The third-order valence-corrected chi connectivity index (χ3v) is 5.44. The molecule has 0 bridgehead atoms. The number of fused-ring (bicyclic) bond motifs is 1. The highest BCUT2D eigenvalue weighted by Gasteiger charge is 2.16. The van der Waals surface area contributed by atoms with E-state index in [0.717, 1.165) is 39.6 Å². The summed E-state index contributed by atoms with van der Waals surface area (Å²) in [4.78, 5) is 10.9. The lowest BCUT2D eigenvalue weighted by molar-refractivity contribution is -0.131. The van der Waals surface area contributed by atoms with Crippen molar-refractivity contribution >= 4 is 34.1 Å². The molecule has 0 saturated heterocycles. The Morgan fingerprint density at radius 3 is 2.55 bits per heavy atom. The molecule has 0 saturated carbocycles. The van der Waals surface area contributed by atoms with Crippen molar-refractivity contribution in [2.75, 3.05) is 0 Å². The molecule has 4 heteroatoms. The minimum atomic E-state index is -0.951. The molecular weight excluding hydrogens is 384 g/mol. The van der Waals surface area contributed by atoms with Gasteiger partial charge in [-0.15, -0.1) is 0 Å². The Labute approximate surface area is 181 Å². The molecule has 1 heterocycles. The van der Waals surface area contributed by atoms with Crippen LogP contribution >= 0.6 is 0 Å². The summed E-state index contributed by atoms with van der Waals surface area (Å²) in [6, 6.07) is 22.9. The number of aromatic nitrogens is 2. The Kier molecular flexibility index (Phi) is 5.80. The molecule has 0 aliphatic heterocycles. The summed E-state index contributed by atoms with van der Waals surface area (Å²) in [5.41, 5.74) is 8.88. The van der Waals surface area contributed by atoms with Gasteiger partial charge in [0.15, 0.2) is 0 Å². The van der Waals surface area contributed by atoms with Crippen LogP contribution in [0.15, 0.2) is 79.0 Å². The van der Waals surface area contributed by atoms with E-state index in [9.17, 15) is 4.79 Å². The zero-order valence-electron chi connectivity index (χ0n) is 17.6. The van der Waals surface area contributed by atoms with Gasteiger partial charge in [0, 0.05) is 11.5 Å². The van der Waals surface area contributed by atoms with E-state index in [0.29, 0.717) is 0 Å². The lowest BCUT2D eigenvalue weighted by Gasteiger charge is -2.18. The highest BCUT2D eigenvalue weighted by atomic mass is 16.4. The average molecular weight is 409 g/mol. The van der Waals surface area contributed by atoms with Gasteiger partial charge < -0.3 is 5.11 Å². The van der Waals surface area contributed by atoms with Gasteiger partial charge in [-0.1, -0.05) is 61.5 Å². The lowest BCUT2D eigenvalue weighted by Crippen LogP contribution is -1.98. The fourth-order valence-corrected chi connectivity index (χ4v) is 3.99. The van der Waals surface area contributed by atoms with Crippen LogP contribution < -0.4 is 0 Å². The first-order valence-corrected chi connectivity index (χ1v) is 10.3. The first-order valence-electron chi connectivity index (χ1n) is 10.3. The molecule has 4 aromatic rings. The molecule has 0 aliphatic carbocycles. The van der Waals surface area contributed by atoms with Gasteiger partial charge >= 0.3 is 5.97 Å². The topological polar surface area (TPSA) is 66.0 Å². The zero-order chi connectivity index (χ0) is 21.8. The molecule has 2 N–H and O–H groups in total.